The van der Waals surface area contributed by atoms with Gasteiger partial charge in [0, 0.05) is 12.5 Å². The summed E-state index contributed by atoms with van der Waals surface area (Å²) in [4.78, 5) is 23.6. The molecule has 27 heavy (non-hydrogen) atoms. The molecule has 2 rings (SSSR count). The second-order valence-electron chi connectivity index (χ2n) is 6.06. The van der Waals surface area contributed by atoms with E-state index in [1.807, 2.05) is 6.07 Å². The Morgan fingerprint density at radius 2 is 1.96 bits per heavy atom. The molecule has 0 bridgehead atoms. The zero-order valence-corrected chi connectivity index (χ0v) is 15.7. The van der Waals surface area contributed by atoms with Crippen molar-refractivity contribution in [3.05, 3.63) is 23.8 Å². The highest BCUT2D eigenvalue weighted by atomic mass is 32.2. The van der Waals surface area contributed by atoms with Gasteiger partial charge in [0.05, 0.1) is 29.7 Å². The number of hydrazine groups is 1. The van der Waals surface area contributed by atoms with E-state index >= 15 is 0 Å². The van der Waals surface area contributed by atoms with E-state index in [9.17, 15) is 18.0 Å². The number of carbonyl (C=O) groups excluding carboxylic acids is 2. The Kier molecular flexibility index (Phi) is 7.01. The summed E-state index contributed by atoms with van der Waals surface area (Å²) < 4.78 is 33.5. The van der Waals surface area contributed by atoms with Crippen molar-refractivity contribution in [3.63, 3.8) is 0 Å². The second kappa shape index (κ2) is 9.23. The van der Waals surface area contributed by atoms with Gasteiger partial charge in [0.25, 0.3) is 5.91 Å². The Morgan fingerprint density at radius 3 is 2.59 bits per heavy atom. The number of ether oxygens (including phenoxy) is 2. The Morgan fingerprint density at radius 1 is 1.22 bits per heavy atom. The van der Waals surface area contributed by atoms with Crippen LogP contribution in [0.4, 0.5) is 0 Å². The van der Waals surface area contributed by atoms with E-state index in [1.165, 1.54) is 18.2 Å². The fourth-order valence-corrected chi connectivity index (χ4v) is 4.49. The number of amides is 2. The Balaban J connectivity index is 1.78. The van der Waals surface area contributed by atoms with Gasteiger partial charge in [-0.25, -0.2) is 8.42 Å². The summed E-state index contributed by atoms with van der Waals surface area (Å²) in [6.07, 6.45) is 0.482. The van der Waals surface area contributed by atoms with Gasteiger partial charge in [-0.2, -0.15) is 5.26 Å². The first-order chi connectivity index (χ1) is 12.8. The molecule has 0 saturated carbocycles. The first-order valence-corrected chi connectivity index (χ1v) is 10.2. The maximum Gasteiger partial charge on any atom is 0.276 e. The van der Waals surface area contributed by atoms with Crippen molar-refractivity contribution in [1.29, 1.82) is 5.26 Å². The summed E-state index contributed by atoms with van der Waals surface area (Å²) in [5, 5.41) is 8.91. The van der Waals surface area contributed by atoms with E-state index in [4.69, 9.17) is 14.7 Å². The highest BCUT2D eigenvalue weighted by Gasteiger charge is 2.29. The van der Waals surface area contributed by atoms with E-state index < -0.39 is 21.7 Å². The molecular weight excluding hydrogens is 374 g/mol. The molecule has 1 aromatic rings. The van der Waals surface area contributed by atoms with Crippen molar-refractivity contribution in [1.82, 2.24) is 10.9 Å². The lowest BCUT2D eigenvalue weighted by atomic mass is 10.1. The molecule has 1 atom stereocenters. The summed E-state index contributed by atoms with van der Waals surface area (Å²) in [5.74, 6) is -0.540. The standard InChI is InChI=1S/C17H21N3O6S/c1-2-25-15-7-12(9-18)3-4-14(15)26-10-17(22)20-19-16(21)8-13-5-6-27(23,24)11-13/h3-4,7,13H,2,5-6,8,10-11H2,1H3,(H,19,21)(H,20,22)/t13-/m1/s1. The molecule has 9 nitrogen and oxygen atoms in total. The predicted octanol–water partition coefficient (Wildman–Crippen LogP) is 0.308. The van der Waals surface area contributed by atoms with Gasteiger partial charge < -0.3 is 9.47 Å². The summed E-state index contributed by atoms with van der Waals surface area (Å²) in [7, 11) is -3.04. The third kappa shape index (κ3) is 6.45. The zero-order valence-electron chi connectivity index (χ0n) is 14.9. The van der Waals surface area contributed by atoms with Crippen molar-refractivity contribution in [2.75, 3.05) is 24.7 Å². The van der Waals surface area contributed by atoms with Gasteiger partial charge in [-0.3, -0.25) is 20.4 Å². The number of sulfone groups is 1. The van der Waals surface area contributed by atoms with Crippen LogP contribution in [0.3, 0.4) is 0 Å². The van der Waals surface area contributed by atoms with Gasteiger partial charge in [0.1, 0.15) is 0 Å². The second-order valence-corrected chi connectivity index (χ2v) is 8.29. The molecule has 1 aliphatic heterocycles. The molecule has 146 valence electrons. The molecule has 1 aromatic carbocycles. The van der Waals surface area contributed by atoms with Gasteiger partial charge in [-0.1, -0.05) is 0 Å². The van der Waals surface area contributed by atoms with Gasteiger partial charge in [0.15, 0.2) is 27.9 Å². The van der Waals surface area contributed by atoms with E-state index in [2.05, 4.69) is 10.9 Å². The Hall–Kier alpha value is -2.80. The van der Waals surface area contributed by atoms with Crippen molar-refractivity contribution in [2.24, 2.45) is 5.92 Å². The van der Waals surface area contributed by atoms with Crippen LogP contribution in [0.2, 0.25) is 0 Å². The highest BCUT2D eigenvalue weighted by molar-refractivity contribution is 7.91. The average Bonchev–Trinajstić information content (AvgIpc) is 2.97. The number of hydrogen-bond donors (Lipinski definition) is 2. The monoisotopic (exact) mass is 395 g/mol. The van der Waals surface area contributed by atoms with Gasteiger partial charge in [-0.15, -0.1) is 0 Å². The van der Waals surface area contributed by atoms with Crippen LogP contribution in [-0.2, 0) is 19.4 Å². The van der Waals surface area contributed by atoms with E-state index in [1.54, 1.807) is 6.92 Å². The maximum atomic E-state index is 11.8. The molecule has 10 heteroatoms. The molecule has 0 radical (unpaired) electrons. The minimum absolute atomic E-state index is 0.00360. The first kappa shape index (κ1) is 20.5. The largest absolute Gasteiger partial charge is 0.490 e. The van der Waals surface area contributed by atoms with Crippen LogP contribution in [0.5, 0.6) is 11.5 Å². The zero-order chi connectivity index (χ0) is 19.9. The third-order valence-electron chi connectivity index (χ3n) is 3.87. The summed E-state index contributed by atoms with van der Waals surface area (Å²) >= 11 is 0. The van der Waals surface area contributed by atoms with Crippen LogP contribution in [0.25, 0.3) is 0 Å². The summed E-state index contributed by atoms with van der Waals surface area (Å²) in [6.45, 7) is 1.77. The number of carbonyl (C=O) groups is 2. The van der Waals surface area contributed by atoms with Crippen LogP contribution < -0.4 is 20.3 Å². The fourth-order valence-electron chi connectivity index (χ4n) is 2.63. The number of hydrogen-bond acceptors (Lipinski definition) is 7. The van der Waals surface area contributed by atoms with Gasteiger partial charge >= 0.3 is 0 Å². The SMILES string of the molecule is CCOc1cc(C#N)ccc1OCC(=O)NNC(=O)C[C@H]1CCS(=O)(=O)C1. The van der Waals surface area contributed by atoms with Crippen molar-refractivity contribution in [3.8, 4) is 17.6 Å². The number of nitrogens with zero attached hydrogens (tertiary/aromatic N) is 1. The quantitative estimate of drug-likeness (QED) is 0.634. The first-order valence-electron chi connectivity index (χ1n) is 8.41. The number of rotatable bonds is 7. The molecule has 0 spiro atoms. The minimum Gasteiger partial charge on any atom is -0.490 e. The van der Waals surface area contributed by atoms with Crippen LogP contribution in [0, 0.1) is 17.2 Å². The number of nitriles is 1. The predicted molar refractivity (Wildman–Crippen MR) is 95.5 cm³/mol. The van der Waals surface area contributed by atoms with Crippen molar-refractivity contribution in [2.45, 2.75) is 19.8 Å². The van der Waals surface area contributed by atoms with Gasteiger partial charge in [0.2, 0.25) is 5.91 Å². The van der Waals surface area contributed by atoms with Crippen molar-refractivity contribution < 1.29 is 27.5 Å². The lowest BCUT2D eigenvalue weighted by Crippen LogP contribution is -2.44. The summed E-state index contributed by atoms with van der Waals surface area (Å²) in [5.41, 5.74) is 4.86. The maximum absolute atomic E-state index is 11.8. The van der Waals surface area contributed by atoms with Crippen LogP contribution in [0.15, 0.2) is 18.2 Å². The lowest BCUT2D eigenvalue weighted by Gasteiger charge is -2.13. The van der Waals surface area contributed by atoms with E-state index in [-0.39, 0.29) is 30.5 Å². The molecule has 2 amide bonds. The lowest BCUT2D eigenvalue weighted by molar-refractivity contribution is -0.130. The molecule has 1 saturated heterocycles. The van der Waals surface area contributed by atoms with E-state index in [0.717, 1.165) is 0 Å². The fraction of sp³-hybridized carbons (Fsp3) is 0.471. The number of benzene rings is 1. The molecule has 1 fully saturated rings. The van der Waals surface area contributed by atoms with Crippen LogP contribution >= 0.6 is 0 Å². The minimum atomic E-state index is -3.04. The van der Waals surface area contributed by atoms with Crippen LogP contribution in [0.1, 0.15) is 25.3 Å². The molecule has 0 unspecified atom stereocenters. The Bertz CT molecular complexity index is 847. The van der Waals surface area contributed by atoms with Crippen molar-refractivity contribution >= 4 is 21.7 Å². The smallest absolute Gasteiger partial charge is 0.276 e. The molecule has 2 N–H and O–H groups in total. The highest BCUT2D eigenvalue weighted by Crippen LogP contribution is 2.28. The third-order valence-corrected chi connectivity index (χ3v) is 5.71. The molecular formula is C17H21N3O6S. The molecule has 1 heterocycles. The normalized spacial score (nSPS) is 17.6. The number of nitrogens with one attached hydrogen (secondary N) is 2. The molecule has 0 aliphatic carbocycles. The topological polar surface area (TPSA) is 135 Å². The molecule has 0 aromatic heterocycles. The summed E-state index contributed by atoms with van der Waals surface area (Å²) in [6, 6.07) is 6.55. The Labute approximate surface area is 157 Å². The molecule has 1 aliphatic rings. The van der Waals surface area contributed by atoms with E-state index in [0.29, 0.717) is 30.1 Å². The van der Waals surface area contributed by atoms with Crippen LogP contribution in [-0.4, -0.2) is 45.0 Å². The average molecular weight is 395 g/mol. The van der Waals surface area contributed by atoms with Gasteiger partial charge in [-0.05, 0) is 31.4 Å².